The van der Waals surface area contributed by atoms with E-state index in [0.717, 1.165) is 39.3 Å². The minimum absolute atomic E-state index is 0.0349. The van der Waals surface area contributed by atoms with E-state index in [1.54, 1.807) is 11.0 Å². The molecule has 12 heteroatoms. The van der Waals surface area contributed by atoms with E-state index in [9.17, 15) is 9.59 Å². The van der Waals surface area contributed by atoms with Crippen molar-refractivity contribution in [2.75, 3.05) is 52.6 Å². The molecular formula is C29H32N8O4. The number of benzene rings is 2. The van der Waals surface area contributed by atoms with Gasteiger partial charge in [0.2, 0.25) is 0 Å². The number of hydrogen-bond acceptors (Lipinski definition) is 7. The van der Waals surface area contributed by atoms with Crippen LogP contribution in [0.2, 0.25) is 0 Å². The maximum atomic E-state index is 12.6. The first-order valence-corrected chi connectivity index (χ1v) is 13.6. The van der Waals surface area contributed by atoms with Crippen LogP contribution in [0.15, 0.2) is 48.8 Å². The molecule has 0 bridgehead atoms. The molecule has 0 atom stereocenters. The summed E-state index contributed by atoms with van der Waals surface area (Å²) in [5.41, 5.74) is 6.68. The number of amides is 2. The van der Waals surface area contributed by atoms with Gasteiger partial charge in [-0.1, -0.05) is 0 Å². The summed E-state index contributed by atoms with van der Waals surface area (Å²) in [5.74, 6) is 0.849. The van der Waals surface area contributed by atoms with Crippen LogP contribution >= 0.6 is 0 Å². The highest BCUT2D eigenvalue weighted by Crippen LogP contribution is 2.22. The van der Waals surface area contributed by atoms with E-state index in [2.05, 4.69) is 25.0 Å². The van der Waals surface area contributed by atoms with Crippen molar-refractivity contribution in [3.8, 4) is 11.5 Å². The second-order valence-electron chi connectivity index (χ2n) is 10.1. The maximum absolute atomic E-state index is 12.6. The molecule has 41 heavy (non-hydrogen) atoms. The molecule has 2 N–H and O–H groups in total. The lowest BCUT2D eigenvalue weighted by molar-refractivity contribution is 0.0301. The van der Waals surface area contributed by atoms with Crippen LogP contribution in [-0.2, 0) is 16.5 Å². The molecule has 2 amide bonds. The van der Waals surface area contributed by atoms with Gasteiger partial charge in [-0.05, 0) is 49.4 Å². The van der Waals surface area contributed by atoms with Gasteiger partial charge >= 0.3 is 0 Å². The van der Waals surface area contributed by atoms with Gasteiger partial charge in [0.1, 0.15) is 5.69 Å². The van der Waals surface area contributed by atoms with Crippen LogP contribution in [0.25, 0.3) is 33.6 Å². The number of hydrogen-bond donors (Lipinski definition) is 2. The molecule has 212 valence electrons. The van der Waals surface area contributed by atoms with Crippen molar-refractivity contribution in [3.05, 3.63) is 65.6 Å². The molecule has 2 saturated heterocycles. The molecule has 12 nitrogen and oxygen atoms in total. The summed E-state index contributed by atoms with van der Waals surface area (Å²) in [6, 6.07) is 13.1. The molecule has 7 rings (SSSR count). The van der Waals surface area contributed by atoms with Gasteiger partial charge in [0.25, 0.3) is 11.8 Å². The fourth-order valence-corrected chi connectivity index (χ4v) is 5.06. The first kappa shape index (κ1) is 26.7. The number of morpholine rings is 2. The van der Waals surface area contributed by atoms with Crippen LogP contribution in [-0.4, -0.2) is 104 Å². The summed E-state index contributed by atoms with van der Waals surface area (Å²) in [6.45, 7) is 7.00. The average Bonchev–Trinajstić information content (AvgIpc) is 3.74. The minimum atomic E-state index is 0.0349. The quantitative estimate of drug-likeness (QED) is 0.349. The zero-order valence-electron chi connectivity index (χ0n) is 23.1. The monoisotopic (exact) mass is 556 g/mol. The van der Waals surface area contributed by atoms with Crippen LogP contribution < -0.4 is 0 Å². The fourth-order valence-electron chi connectivity index (χ4n) is 5.06. The molecule has 2 aromatic carbocycles. The van der Waals surface area contributed by atoms with Crippen molar-refractivity contribution in [3.63, 3.8) is 0 Å². The van der Waals surface area contributed by atoms with Crippen LogP contribution in [0.5, 0.6) is 0 Å². The van der Waals surface area contributed by atoms with Gasteiger partial charge in [-0.15, -0.1) is 0 Å². The standard InChI is InChI=1S/C17H19N5O2.C12H13N3O2/c1-11-9-15(21(2)20-11)16-18-13-4-3-12(10-14(13)19-16)17(23)22-5-7-24-8-6-22;16-12(15-3-5-17-6-4-15)9-1-2-10-11(7-9)14-8-13-10/h3-4,9-10H,5-8H2,1-2H3,(H,18,19);1-2,7-8H,3-6H2,(H,13,14). The minimum Gasteiger partial charge on any atom is -0.378 e. The van der Waals surface area contributed by atoms with Crippen molar-refractivity contribution < 1.29 is 19.1 Å². The SMILES string of the molecule is Cc1cc(-c2nc3ccc(C(=O)N4CCOCC4)cc3[nH]2)n(C)n1.O=C(c1ccc2nc[nH]c2c1)N1CCOCC1. The molecule has 5 heterocycles. The number of ether oxygens (including phenoxy) is 2. The number of fused-ring (bicyclic) bond motifs is 2. The van der Waals surface area contributed by atoms with Crippen LogP contribution in [0.1, 0.15) is 26.4 Å². The third kappa shape index (κ3) is 5.70. The molecule has 0 unspecified atom stereocenters. The fraction of sp³-hybridized carbons (Fsp3) is 0.345. The van der Waals surface area contributed by atoms with Crippen molar-refractivity contribution in [1.82, 2.24) is 39.5 Å². The Morgan fingerprint density at radius 1 is 0.805 bits per heavy atom. The highest BCUT2D eigenvalue weighted by atomic mass is 16.5. The van der Waals surface area contributed by atoms with Crippen molar-refractivity contribution in [2.45, 2.75) is 6.92 Å². The van der Waals surface area contributed by atoms with E-state index >= 15 is 0 Å². The molecule has 2 aliphatic rings. The molecule has 2 fully saturated rings. The van der Waals surface area contributed by atoms with Gasteiger partial charge in [-0.25, -0.2) is 9.97 Å². The number of rotatable bonds is 3. The van der Waals surface area contributed by atoms with Gasteiger partial charge in [-0.3, -0.25) is 14.3 Å². The van der Waals surface area contributed by atoms with Crippen LogP contribution in [0.3, 0.4) is 0 Å². The number of carbonyl (C=O) groups is 2. The smallest absolute Gasteiger partial charge is 0.254 e. The lowest BCUT2D eigenvalue weighted by atomic mass is 10.1. The van der Waals surface area contributed by atoms with Gasteiger partial charge in [0.05, 0.1) is 60.5 Å². The predicted molar refractivity (Wildman–Crippen MR) is 153 cm³/mol. The molecule has 0 radical (unpaired) electrons. The van der Waals surface area contributed by atoms with Gasteiger partial charge in [0.15, 0.2) is 5.82 Å². The molecule has 0 aliphatic carbocycles. The number of aromatic amines is 2. The first-order chi connectivity index (χ1) is 20.0. The maximum Gasteiger partial charge on any atom is 0.254 e. The highest BCUT2D eigenvalue weighted by Gasteiger charge is 2.20. The summed E-state index contributed by atoms with van der Waals surface area (Å²) < 4.78 is 12.3. The summed E-state index contributed by atoms with van der Waals surface area (Å²) >= 11 is 0. The van der Waals surface area contributed by atoms with E-state index in [0.29, 0.717) is 63.7 Å². The molecule has 0 saturated carbocycles. The lowest BCUT2D eigenvalue weighted by Gasteiger charge is -2.26. The second-order valence-corrected chi connectivity index (χ2v) is 10.1. The summed E-state index contributed by atoms with van der Waals surface area (Å²) in [4.78, 5) is 43.5. The number of aromatic nitrogens is 6. The molecule has 0 spiro atoms. The van der Waals surface area contributed by atoms with Crippen molar-refractivity contribution >= 4 is 33.9 Å². The highest BCUT2D eigenvalue weighted by molar-refractivity contribution is 5.98. The normalized spacial score (nSPS) is 15.7. The third-order valence-electron chi connectivity index (χ3n) is 7.24. The van der Waals surface area contributed by atoms with Crippen LogP contribution in [0.4, 0.5) is 0 Å². The van der Waals surface area contributed by atoms with E-state index in [-0.39, 0.29) is 11.8 Å². The zero-order valence-corrected chi connectivity index (χ0v) is 23.1. The Hall–Kier alpha value is -4.55. The topological polar surface area (TPSA) is 134 Å². The lowest BCUT2D eigenvalue weighted by Crippen LogP contribution is -2.40. The number of imidazole rings is 2. The number of H-pyrrole nitrogens is 2. The van der Waals surface area contributed by atoms with Gasteiger partial charge in [0, 0.05) is 44.4 Å². The van der Waals surface area contributed by atoms with Gasteiger partial charge < -0.3 is 29.2 Å². The Labute approximate surface area is 236 Å². The summed E-state index contributed by atoms with van der Waals surface area (Å²) in [5, 5.41) is 4.35. The summed E-state index contributed by atoms with van der Waals surface area (Å²) in [7, 11) is 1.89. The zero-order chi connectivity index (χ0) is 28.3. The number of carbonyl (C=O) groups excluding carboxylic acids is 2. The van der Waals surface area contributed by atoms with Crippen molar-refractivity contribution in [2.24, 2.45) is 7.05 Å². The Kier molecular flexibility index (Phi) is 7.49. The van der Waals surface area contributed by atoms with Gasteiger partial charge in [-0.2, -0.15) is 5.10 Å². The average molecular weight is 557 g/mol. The number of aryl methyl sites for hydroxylation is 2. The first-order valence-electron chi connectivity index (χ1n) is 13.6. The van der Waals surface area contributed by atoms with E-state index in [1.807, 2.05) is 66.2 Å². The Morgan fingerprint density at radius 2 is 1.39 bits per heavy atom. The third-order valence-corrected chi connectivity index (χ3v) is 7.24. The number of nitrogens with one attached hydrogen (secondary N) is 2. The molecular weight excluding hydrogens is 524 g/mol. The largest absolute Gasteiger partial charge is 0.378 e. The Morgan fingerprint density at radius 3 is 1.98 bits per heavy atom. The van der Waals surface area contributed by atoms with E-state index in [1.165, 1.54) is 0 Å². The predicted octanol–water partition coefficient (Wildman–Crippen LogP) is 2.78. The number of nitrogens with zero attached hydrogens (tertiary/aromatic N) is 6. The Balaban J connectivity index is 0.000000156. The van der Waals surface area contributed by atoms with E-state index < -0.39 is 0 Å². The molecule has 3 aromatic heterocycles. The molecule has 5 aromatic rings. The Bertz CT molecular complexity index is 1690. The molecule has 2 aliphatic heterocycles. The second kappa shape index (κ2) is 11.5. The van der Waals surface area contributed by atoms with E-state index in [4.69, 9.17) is 9.47 Å². The summed E-state index contributed by atoms with van der Waals surface area (Å²) in [6.07, 6.45) is 1.63. The van der Waals surface area contributed by atoms with Crippen LogP contribution in [0, 0.1) is 6.92 Å². The van der Waals surface area contributed by atoms with Crippen molar-refractivity contribution in [1.29, 1.82) is 0 Å².